The van der Waals surface area contributed by atoms with E-state index >= 15 is 0 Å². The minimum Gasteiger partial charge on any atom is -0.469 e. The fourth-order valence-corrected chi connectivity index (χ4v) is 2.38. The van der Waals surface area contributed by atoms with E-state index in [1.165, 1.54) is 26.3 Å². The van der Waals surface area contributed by atoms with Crippen molar-refractivity contribution in [1.29, 1.82) is 0 Å². The SMILES string of the molecule is COC(=O)CCN(C)S(=O)(=O)Nc1cc(F)ccc1C. The van der Waals surface area contributed by atoms with Crippen molar-refractivity contribution in [2.45, 2.75) is 13.3 Å². The molecule has 8 heteroatoms. The van der Waals surface area contributed by atoms with Gasteiger partial charge in [0.05, 0.1) is 19.2 Å². The lowest BCUT2D eigenvalue weighted by molar-refractivity contribution is -0.140. The molecule has 20 heavy (non-hydrogen) atoms. The third-order valence-corrected chi connectivity index (χ3v) is 4.19. The fraction of sp³-hybridized carbons (Fsp3) is 0.417. The van der Waals surface area contributed by atoms with Crippen molar-refractivity contribution in [3.8, 4) is 0 Å². The molecule has 0 heterocycles. The fourth-order valence-electron chi connectivity index (χ4n) is 1.39. The summed E-state index contributed by atoms with van der Waals surface area (Å²) in [5.41, 5.74) is 0.756. The summed E-state index contributed by atoms with van der Waals surface area (Å²) in [6.45, 7) is 1.63. The van der Waals surface area contributed by atoms with Crippen molar-refractivity contribution in [3.05, 3.63) is 29.6 Å². The van der Waals surface area contributed by atoms with Crippen LogP contribution in [0.1, 0.15) is 12.0 Å². The quantitative estimate of drug-likeness (QED) is 0.803. The summed E-state index contributed by atoms with van der Waals surface area (Å²) in [7, 11) is -1.30. The number of halogens is 1. The molecule has 1 aromatic carbocycles. The van der Waals surface area contributed by atoms with E-state index in [0.29, 0.717) is 5.56 Å². The molecule has 1 rings (SSSR count). The summed E-state index contributed by atoms with van der Waals surface area (Å²) in [5.74, 6) is -1.04. The van der Waals surface area contributed by atoms with E-state index in [-0.39, 0.29) is 18.7 Å². The Balaban J connectivity index is 2.78. The van der Waals surface area contributed by atoms with Crippen LogP contribution in [-0.4, -0.2) is 39.4 Å². The number of methoxy groups -OCH3 is 1. The molecule has 0 unspecified atom stereocenters. The summed E-state index contributed by atoms with van der Waals surface area (Å²) in [4.78, 5) is 11.0. The Morgan fingerprint density at radius 1 is 1.45 bits per heavy atom. The highest BCUT2D eigenvalue weighted by Gasteiger charge is 2.19. The zero-order valence-corrected chi connectivity index (χ0v) is 12.3. The minimum atomic E-state index is -3.85. The molecule has 0 aliphatic heterocycles. The topological polar surface area (TPSA) is 75.7 Å². The molecule has 6 nitrogen and oxygen atoms in total. The minimum absolute atomic E-state index is 0.0314. The highest BCUT2D eigenvalue weighted by Crippen LogP contribution is 2.18. The van der Waals surface area contributed by atoms with Gasteiger partial charge in [0.15, 0.2) is 0 Å². The molecule has 0 spiro atoms. The van der Waals surface area contributed by atoms with Gasteiger partial charge in [-0.3, -0.25) is 9.52 Å². The first-order chi connectivity index (χ1) is 9.26. The van der Waals surface area contributed by atoms with Crippen molar-refractivity contribution in [1.82, 2.24) is 4.31 Å². The van der Waals surface area contributed by atoms with Crippen molar-refractivity contribution < 1.29 is 22.3 Å². The van der Waals surface area contributed by atoms with Gasteiger partial charge in [0.25, 0.3) is 0 Å². The number of rotatable bonds is 6. The number of nitrogens with one attached hydrogen (secondary N) is 1. The maximum Gasteiger partial charge on any atom is 0.306 e. The van der Waals surface area contributed by atoms with Crippen molar-refractivity contribution in [3.63, 3.8) is 0 Å². The maximum absolute atomic E-state index is 13.1. The molecule has 0 amide bonds. The second kappa shape index (κ2) is 6.67. The lowest BCUT2D eigenvalue weighted by Gasteiger charge is -2.18. The second-order valence-electron chi connectivity index (χ2n) is 4.21. The number of nitrogens with zero attached hydrogens (tertiary/aromatic N) is 1. The second-order valence-corrected chi connectivity index (χ2v) is 5.99. The third-order valence-electron chi connectivity index (χ3n) is 2.71. The van der Waals surface area contributed by atoms with Gasteiger partial charge in [-0.1, -0.05) is 6.07 Å². The molecule has 0 atom stereocenters. The number of aryl methyl sites for hydroxylation is 1. The monoisotopic (exact) mass is 304 g/mol. The van der Waals surface area contributed by atoms with E-state index in [1.54, 1.807) is 6.92 Å². The van der Waals surface area contributed by atoms with Gasteiger partial charge in [-0.25, -0.2) is 4.39 Å². The van der Waals surface area contributed by atoms with Gasteiger partial charge in [0.2, 0.25) is 0 Å². The summed E-state index contributed by atoms with van der Waals surface area (Å²) in [5, 5.41) is 0. The number of hydrogen-bond acceptors (Lipinski definition) is 4. The lowest BCUT2D eigenvalue weighted by atomic mass is 10.2. The average molecular weight is 304 g/mol. The lowest BCUT2D eigenvalue weighted by Crippen LogP contribution is -2.34. The first-order valence-corrected chi connectivity index (χ1v) is 7.27. The first-order valence-electron chi connectivity index (χ1n) is 5.83. The van der Waals surface area contributed by atoms with E-state index in [9.17, 15) is 17.6 Å². The van der Waals surface area contributed by atoms with Crippen molar-refractivity contribution in [2.75, 3.05) is 25.4 Å². The van der Waals surface area contributed by atoms with Gasteiger partial charge in [0.1, 0.15) is 5.82 Å². The molecule has 1 N–H and O–H groups in total. The van der Waals surface area contributed by atoms with Crippen LogP contribution in [0.15, 0.2) is 18.2 Å². The molecule has 0 saturated heterocycles. The number of carbonyl (C=O) groups excluding carboxylic acids is 1. The normalized spacial score (nSPS) is 11.4. The molecule has 112 valence electrons. The Morgan fingerprint density at radius 3 is 2.70 bits per heavy atom. The van der Waals surface area contributed by atoms with E-state index < -0.39 is 22.0 Å². The molecule has 0 bridgehead atoms. The van der Waals surface area contributed by atoms with Gasteiger partial charge in [-0.15, -0.1) is 0 Å². The van der Waals surface area contributed by atoms with Gasteiger partial charge in [0, 0.05) is 13.6 Å². The van der Waals surface area contributed by atoms with E-state index in [1.807, 2.05) is 0 Å². The third kappa shape index (κ3) is 4.46. The predicted molar refractivity (Wildman–Crippen MR) is 72.9 cm³/mol. The molecule has 0 radical (unpaired) electrons. The zero-order valence-electron chi connectivity index (χ0n) is 11.5. The zero-order chi connectivity index (χ0) is 15.3. The highest BCUT2D eigenvalue weighted by molar-refractivity contribution is 7.90. The predicted octanol–water partition coefficient (Wildman–Crippen LogP) is 1.29. The Labute approximate surface area is 117 Å². The standard InChI is InChI=1S/C12H17FN2O4S/c1-9-4-5-10(13)8-11(9)14-20(17,18)15(2)7-6-12(16)19-3/h4-5,8,14H,6-7H2,1-3H3. The molecular formula is C12H17FN2O4S. The van der Waals surface area contributed by atoms with E-state index in [4.69, 9.17) is 0 Å². The van der Waals surface area contributed by atoms with Gasteiger partial charge in [-0.2, -0.15) is 12.7 Å². The van der Waals surface area contributed by atoms with E-state index in [2.05, 4.69) is 9.46 Å². The number of carbonyl (C=O) groups is 1. The van der Waals surface area contributed by atoms with Crippen molar-refractivity contribution in [2.24, 2.45) is 0 Å². The Hall–Kier alpha value is -1.67. The van der Waals surface area contributed by atoms with Crippen molar-refractivity contribution >= 4 is 21.9 Å². The Bertz CT molecular complexity index is 589. The Morgan fingerprint density at radius 2 is 2.10 bits per heavy atom. The molecular weight excluding hydrogens is 287 g/mol. The number of hydrogen-bond donors (Lipinski definition) is 1. The molecule has 0 saturated carbocycles. The molecule has 0 aliphatic rings. The van der Waals surface area contributed by atoms with Gasteiger partial charge >= 0.3 is 16.2 Å². The molecule has 0 aromatic heterocycles. The van der Waals surface area contributed by atoms with E-state index in [0.717, 1.165) is 10.4 Å². The van der Waals surface area contributed by atoms with Crippen LogP contribution in [0.3, 0.4) is 0 Å². The molecule has 0 fully saturated rings. The number of ether oxygens (including phenoxy) is 1. The summed E-state index contributed by atoms with van der Waals surface area (Å²) < 4.78 is 44.8. The van der Waals surface area contributed by atoms with Crippen LogP contribution in [-0.2, 0) is 19.7 Å². The summed E-state index contributed by atoms with van der Waals surface area (Å²) >= 11 is 0. The van der Waals surface area contributed by atoms with Crippen LogP contribution < -0.4 is 4.72 Å². The Kier molecular flexibility index (Phi) is 5.46. The van der Waals surface area contributed by atoms with Crippen LogP contribution >= 0.6 is 0 Å². The number of anilines is 1. The number of esters is 1. The smallest absolute Gasteiger partial charge is 0.306 e. The van der Waals surface area contributed by atoms with Crippen LogP contribution in [0.25, 0.3) is 0 Å². The van der Waals surface area contributed by atoms with Crippen LogP contribution in [0, 0.1) is 12.7 Å². The molecule has 0 aliphatic carbocycles. The van der Waals surface area contributed by atoms with Crippen LogP contribution in [0.4, 0.5) is 10.1 Å². The number of benzene rings is 1. The summed E-state index contributed by atoms with van der Waals surface area (Å²) in [6.07, 6.45) is -0.0595. The first kappa shape index (κ1) is 16.4. The average Bonchev–Trinajstić information content (AvgIpc) is 2.39. The van der Waals surface area contributed by atoms with Gasteiger partial charge < -0.3 is 4.74 Å². The molecule has 1 aromatic rings. The van der Waals surface area contributed by atoms with Gasteiger partial charge in [-0.05, 0) is 24.6 Å². The van der Waals surface area contributed by atoms with Crippen LogP contribution in [0.5, 0.6) is 0 Å². The van der Waals surface area contributed by atoms with Crippen LogP contribution in [0.2, 0.25) is 0 Å². The largest absolute Gasteiger partial charge is 0.469 e. The highest BCUT2D eigenvalue weighted by atomic mass is 32.2. The summed E-state index contributed by atoms with van der Waals surface area (Å²) in [6, 6.07) is 3.82. The maximum atomic E-state index is 13.1.